The molecule has 0 unspecified atom stereocenters. The Morgan fingerprint density at radius 3 is 2.42 bits per heavy atom. The number of hydrazine groups is 1. The van der Waals surface area contributed by atoms with Gasteiger partial charge in [0.15, 0.2) is 0 Å². The zero-order valence-corrected chi connectivity index (χ0v) is 21.9. The molecule has 6 rings (SSSR count). The van der Waals surface area contributed by atoms with Gasteiger partial charge in [0.2, 0.25) is 0 Å². The van der Waals surface area contributed by atoms with E-state index >= 15 is 0 Å². The maximum absolute atomic E-state index is 14.3. The quantitative estimate of drug-likeness (QED) is 0.291. The van der Waals surface area contributed by atoms with E-state index < -0.39 is 12.0 Å². The highest BCUT2D eigenvalue weighted by Crippen LogP contribution is 2.34. The number of fused-ring (bicyclic) bond motifs is 2. The number of ether oxygens (including phenoxy) is 1. The first kappa shape index (κ1) is 25.1. The molecule has 0 aliphatic carbocycles. The SMILES string of the molecule is COC(=O)N(NC(=O)c1c(CN2CCc3cccnc32)c(-c2ccccc2)nc2ccccc12)c1ccccc1. The summed E-state index contributed by atoms with van der Waals surface area (Å²) in [5.74, 6) is 0.460. The van der Waals surface area contributed by atoms with Gasteiger partial charge in [-0.15, -0.1) is 0 Å². The van der Waals surface area contributed by atoms with Crippen molar-refractivity contribution in [3.63, 3.8) is 0 Å². The summed E-state index contributed by atoms with van der Waals surface area (Å²) in [5, 5.41) is 1.81. The number of nitrogens with one attached hydrogen (secondary N) is 1. The van der Waals surface area contributed by atoms with E-state index in [1.54, 1.807) is 30.5 Å². The Kier molecular flexibility index (Phi) is 6.80. The van der Waals surface area contributed by atoms with Crippen LogP contribution in [0.1, 0.15) is 21.5 Å². The van der Waals surface area contributed by atoms with Crippen molar-refractivity contribution in [3.8, 4) is 11.3 Å². The summed E-state index contributed by atoms with van der Waals surface area (Å²) >= 11 is 0. The van der Waals surface area contributed by atoms with E-state index in [0.29, 0.717) is 34.4 Å². The van der Waals surface area contributed by atoms with Gasteiger partial charge in [-0.3, -0.25) is 10.2 Å². The van der Waals surface area contributed by atoms with Crippen molar-refractivity contribution in [2.45, 2.75) is 13.0 Å². The van der Waals surface area contributed by atoms with Crippen LogP contribution in [0.5, 0.6) is 0 Å². The van der Waals surface area contributed by atoms with Crippen molar-refractivity contribution in [1.29, 1.82) is 0 Å². The van der Waals surface area contributed by atoms with Crippen LogP contribution in [0, 0.1) is 0 Å². The molecule has 3 aromatic carbocycles. The number of hydrogen-bond acceptors (Lipinski definition) is 6. The molecule has 2 aromatic heterocycles. The molecule has 1 N–H and O–H groups in total. The molecule has 198 valence electrons. The largest absolute Gasteiger partial charge is 0.451 e. The molecular formula is C32H27N5O3. The van der Waals surface area contributed by atoms with Crippen molar-refractivity contribution in [1.82, 2.24) is 15.4 Å². The topological polar surface area (TPSA) is 87.7 Å². The predicted molar refractivity (Wildman–Crippen MR) is 155 cm³/mol. The fraction of sp³-hybridized carbons (Fsp3) is 0.125. The number of methoxy groups -OCH3 is 1. The number of para-hydroxylation sites is 2. The minimum atomic E-state index is -0.708. The van der Waals surface area contributed by atoms with Gasteiger partial charge in [0.05, 0.1) is 29.6 Å². The summed E-state index contributed by atoms with van der Waals surface area (Å²) in [7, 11) is 1.28. The van der Waals surface area contributed by atoms with Crippen LogP contribution in [0.25, 0.3) is 22.2 Å². The number of benzene rings is 3. The molecule has 0 saturated carbocycles. The van der Waals surface area contributed by atoms with E-state index in [1.165, 1.54) is 12.7 Å². The van der Waals surface area contributed by atoms with Gasteiger partial charge in [0, 0.05) is 35.8 Å². The van der Waals surface area contributed by atoms with Gasteiger partial charge in [-0.05, 0) is 36.2 Å². The van der Waals surface area contributed by atoms with E-state index in [4.69, 9.17) is 9.72 Å². The highest BCUT2D eigenvalue weighted by Gasteiger charge is 2.29. The van der Waals surface area contributed by atoms with Crippen LogP contribution in [0.3, 0.4) is 0 Å². The second-order valence-corrected chi connectivity index (χ2v) is 9.44. The number of carbonyl (C=O) groups excluding carboxylic acids is 2. The first-order chi connectivity index (χ1) is 19.6. The Hall–Kier alpha value is -5.24. The number of pyridine rings is 2. The van der Waals surface area contributed by atoms with E-state index in [0.717, 1.165) is 34.9 Å². The molecule has 0 bridgehead atoms. The lowest BCUT2D eigenvalue weighted by molar-refractivity contribution is 0.0941. The number of carbonyl (C=O) groups is 2. The van der Waals surface area contributed by atoms with E-state index in [9.17, 15) is 9.59 Å². The molecule has 0 fully saturated rings. The predicted octanol–water partition coefficient (Wildman–Crippen LogP) is 5.78. The van der Waals surface area contributed by atoms with Gasteiger partial charge in [-0.2, -0.15) is 5.01 Å². The minimum Gasteiger partial charge on any atom is -0.451 e. The van der Waals surface area contributed by atoms with E-state index in [2.05, 4.69) is 21.4 Å². The van der Waals surface area contributed by atoms with E-state index in [1.807, 2.05) is 66.7 Å². The second kappa shape index (κ2) is 10.9. The number of amides is 2. The average Bonchev–Trinajstić information content (AvgIpc) is 3.42. The van der Waals surface area contributed by atoms with Crippen molar-refractivity contribution in [3.05, 3.63) is 120 Å². The molecule has 3 heterocycles. The van der Waals surface area contributed by atoms with Crippen LogP contribution in [0.2, 0.25) is 0 Å². The lowest BCUT2D eigenvalue weighted by atomic mass is 9.95. The van der Waals surface area contributed by atoms with Crippen LogP contribution in [-0.4, -0.2) is 35.6 Å². The molecule has 1 aliphatic heterocycles. The Labute approximate surface area is 231 Å². The number of rotatable bonds is 5. The van der Waals surface area contributed by atoms with Crippen LogP contribution in [0.15, 0.2) is 103 Å². The number of nitrogens with zero attached hydrogens (tertiary/aromatic N) is 4. The summed E-state index contributed by atoms with van der Waals surface area (Å²) in [6.07, 6.45) is 1.95. The van der Waals surface area contributed by atoms with Gasteiger partial charge in [0.1, 0.15) is 5.82 Å². The lowest BCUT2D eigenvalue weighted by Gasteiger charge is -2.26. The monoisotopic (exact) mass is 529 g/mol. The first-order valence-electron chi connectivity index (χ1n) is 13.0. The molecule has 0 radical (unpaired) electrons. The first-order valence-corrected chi connectivity index (χ1v) is 13.0. The Balaban J connectivity index is 1.53. The third-order valence-electron chi connectivity index (χ3n) is 7.02. The number of anilines is 2. The highest BCUT2D eigenvalue weighted by atomic mass is 16.5. The van der Waals surface area contributed by atoms with Crippen molar-refractivity contribution in [2.24, 2.45) is 0 Å². The van der Waals surface area contributed by atoms with Gasteiger partial charge in [-0.1, -0.05) is 72.8 Å². The fourth-order valence-corrected chi connectivity index (χ4v) is 5.16. The zero-order valence-electron chi connectivity index (χ0n) is 21.9. The molecule has 1 aliphatic rings. The zero-order chi connectivity index (χ0) is 27.5. The summed E-state index contributed by atoms with van der Waals surface area (Å²) < 4.78 is 5.00. The number of aromatic nitrogens is 2. The van der Waals surface area contributed by atoms with Crippen LogP contribution >= 0.6 is 0 Å². The molecule has 5 aromatic rings. The van der Waals surface area contributed by atoms with Crippen LogP contribution in [-0.2, 0) is 17.7 Å². The molecule has 2 amide bonds. The summed E-state index contributed by atoms with van der Waals surface area (Å²) in [6.45, 7) is 1.19. The summed E-state index contributed by atoms with van der Waals surface area (Å²) in [4.78, 5) is 38.9. The number of hydrogen-bond donors (Lipinski definition) is 1. The minimum absolute atomic E-state index is 0.415. The average molecular weight is 530 g/mol. The molecule has 0 atom stereocenters. The smallest absolute Gasteiger partial charge is 0.433 e. The third kappa shape index (κ3) is 4.71. The fourth-order valence-electron chi connectivity index (χ4n) is 5.16. The second-order valence-electron chi connectivity index (χ2n) is 9.44. The van der Waals surface area contributed by atoms with Gasteiger partial charge in [-0.25, -0.2) is 14.8 Å². The maximum atomic E-state index is 14.3. The van der Waals surface area contributed by atoms with Crippen LogP contribution < -0.4 is 15.3 Å². The maximum Gasteiger partial charge on any atom is 0.433 e. The molecule has 0 saturated heterocycles. The normalized spacial score (nSPS) is 12.2. The molecule has 0 spiro atoms. The van der Waals surface area contributed by atoms with Gasteiger partial charge >= 0.3 is 6.09 Å². The molecule has 8 heteroatoms. The summed E-state index contributed by atoms with van der Waals surface area (Å²) in [5.41, 5.74) is 7.93. The Morgan fingerprint density at radius 1 is 0.925 bits per heavy atom. The Morgan fingerprint density at radius 2 is 1.65 bits per heavy atom. The Bertz CT molecular complexity index is 1690. The molecular weight excluding hydrogens is 502 g/mol. The van der Waals surface area contributed by atoms with Crippen molar-refractivity contribution >= 4 is 34.4 Å². The highest BCUT2D eigenvalue weighted by molar-refractivity contribution is 6.10. The van der Waals surface area contributed by atoms with Crippen molar-refractivity contribution < 1.29 is 14.3 Å². The lowest BCUT2D eigenvalue weighted by Crippen LogP contribution is -2.47. The van der Waals surface area contributed by atoms with Gasteiger partial charge in [0.25, 0.3) is 5.91 Å². The van der Waals surface area contributed by atoms with Crippen LogP contribution in [0.4, 0.5) is 16.3 Å². The summed E-state index contributed by atoms with van der Waals surface area (Å²) in [6, 6.07) is 30.3. The molecule has 40 heavy (non-hydrogen) atoms. The standard InChI is InChI=1S/C32H27N5O3/c1-40-32(39)37(24-14-6-3-7-15-24)35-31(38)28-25-16-8-9-17-27(25)34-29(22-11-4-2-5-12-22)26(28)21-36-20-18-23-13-10-19-33-30(23)36/h2-17,19H,18,20-21H2,1H3,(H,35,38). The third-order valence-corrected chi connectivity index (χ3v) is 7.02. The molecule has 8 nitrogen and oxygen atoms in total. The van der Waals surface area contributed by atoms with Gasteiger partial charge < -0.3 is 9.64 Å². The van der Waals surface area contributed by atoms with E-state index in [-0.39, 0.29) is 0 Å². The van der Waals surface area contributed by atoms with Crippen molar-refractivity contribution in [2.75, 3.05) is 23.6 Å².